The fraction of sp³-hybridized carbons (Fsp3) is 0.929. The fourth-order valence-electron chi connectivity index (χ4n) is 2.99. The van der Waals surface area contributed by atoms with Crippen molar-refractivity contribution in [3.05, 3.63) is 0 Å². The van der Waals surface area contributed by atoms with E-state index in [0.29, 0.717) is 12.5 Å². The van der Waals surface area contributed by atoms with E-state index in [1.807, 2.05) is 0 Å². The molecule has 4 nitrogen and oxygen atoms in total. The highest BCUT2D eigenvalue weighted by Crippen LogP contribution is 2.15. The molecule has 0 spiro atoms. The van der Waals surface area contributed by atoms with Crippen LogP contribution in [0.5, 0.6) is 0 Å². The number of nitrogens with one attached hydrogen (secondary N) is 2. The Morgan fingerprint density at radius 1 is 1.33 bits per heavy atom. The van der Waals surface area contributed by atoms with Crippen molar-refractivity contribution in [2.24, 2.45) is 5.92 Å². The Bertz CT molecular complexity index is 256. The summed E-state index contributed by atoms with van der Waals surface area (Å²) in [5, 5.41) is 6.55. The lowest BCUT2D eigenvalue weighted by Gasteiger charge is -2.31. The number of likely N-dealkylation sites (tertiary alicyclic amines) is 1. The molecule has 104 valence electrons. The molecule has 4 heteroatoms. The molecule has 0 radical (unpaired) electrons. The van der Waals surface area contributed by atoms with Gasteiger partial charge in [-0.1, -0.05) is 6.92 Å². The Morgan fingerprint density at radius 2 is 2.11 bits per heavy atom. The predicted octanol–water partition coefficient (Wildman–Crippen LogP) is 0.977. The molecule has 0 aromatic rings. The van der Waals surface area contributed by atoms with Crippen LogP contribution in [0.1, 0.15) is 39.0 Å². The molecular weight excluding hydrogens is 226 g/mol. The lowest BCUT2D eigenvalue weighted by atomic mass is 10.0. The Hall–Kier alpha value is -0.610. The maximum Gasteiger partial charge on any atom is 0.220 e. The van der Waals surface area contributed by atoms with Crippen molar-refractivity contribution in [2.75, 3.05) is 32.7 Å². The van der Waals surface area contributed by atoms with Crippen molar-refractivity contribution < 1.29 is 4.79 Å². The van der Waals surface area contributed by atoms with E-state index in [4.69, 9.17) is 0 Å². The first kappa shape index (κ1) is 13.8. The second-order valence-corrected chi connectivity index (χ2v) is 5.67. The number of piperidine rings is 1. The minimum atomic E-state index is 0.261. The SMILES string of the molecule is CCN1CCC(NC(=O)CCC2CCNC2)CC1. The summed E-state index contributed by atoms with van der Waals surface area (Å²) in [7, 11) is 0. The van der Waals surface area contributed by atoms with Crippen LogP contribution in [-0.2, 0) is 4.79 Å². The molecule has 1 amide bonds. The highest BCUT2D eigenvalue weighted by molar-refractivity contribution is 5.76. The van der Waals surface area contributed by atoms with Crippen molar-refractivity contribution in [1.29, 1.82) is 0 Å². The number of carbonyl (C=O) groups is 1. The molecule has 2 N–H and O–H groups in total. The molecule has 1 atom stereocenters. The van der Waals surface area contributed by atoms with Gasteiger partial charge >= 0.3 is 0 Å². The third-order valence-electron chi connectivity index (χ3n) is 4.34. The largest absolute Gasteiger partial charge is 0.353 e. The summed E-state index contributed by atoms with van der Waals surface area (Å²) in [6, 6.07) is 0.419. The molecule has 0 saturated carbocycles. The zero-order chi connectivity index (χ0) is 12.8. The molecule has 0 aromatic carbocycles. The van der Waals surface area contributed by atoms with Gasteiger partial charge in [-0.15, -0.1) is 0 Å². The van der Waals surface area contributed by atoms with Crippen LogP contribution in [0.3, 0.4) is 0 Å². The van der Waals surface area contributed by atoms with E-state index >= 15 is 0 Å². The summed E-state index contributed by atoms with van der Waals surface area (Å²) in [4.78, 5) is 14.3. The third-order valence-corrected chi connectivity index (χ3v) is 4.34. The molecule has 18 heavy (non-hydrogen) atoms. The number of rotatable bonds is 5. The van der Waals surface area contributed by atoms with Crippen LogP contribution >= 0.6 is 0 Å². The second kappa shape index (κ2) is 7.10. The molecule has 2 heterocycles. The van der Waals surface area contributed by atoms with E-state index in [1.54, 1.807) is 0 Å². The van der Waals surface area contributed by atoms with Crippen LogP contribution < -0.4 is 10.6 Å². The van der Waals surface area contributed by atoms with Crippen molar-refractivity contribution in [2.45, 2.75) is 45.1 Å². The summed E-state index contributed by atoms with van der Waals surface area (Å²) in [6.45, 7) is 7.83. The Kier molecular flexibility index (Phi) is 5.45. The monoisotopic (exact) mass is 253 g/mol. The van der Waals surface area contributed by atoms with Crippen LogP contribution in [0.15, 0.2) is 0 Å². The summed E-state index contributed by atoms with van der Waals surface area (Å²) < 4.78 is 0. The summed E-state index contributed by atoms with van der Waals surface area (Å²) >= 11 is 0. The predicted molar refractivity (Wildman–Crippen MR) is 73.5 cm³/mol. The van der Waals surface area contributed by atoms with Crippen molar-refractivity contribution in [3.63, 3.8) is 0 Å². The fourth-order valence-corrected chi connectivity index (χ4v) is 2.99. The van der Waals surface area contributed by atoms with Gasteiger partial charge in [-0.2, -0.15) is 0 Å². The van der Waals surface area contributed by atoms with Gasteiger partial charge < -0.3 is 15.5 Å². The summed E-state index contributed by atoms with van der Waals surface area (Å²) in [5.74, 6) is 0.981. The molecule has 2 rings (SSSR count). The van der Waals surface area contributed by atoms with E-state index in [0.717, 1.165) is 57.9 Å². The molecule has 2 fully saturated rings. The maximum atomic E-state index is 11.9. The summed E-state index contributed by atoms with van der Waals surface area (Å²) in [5.41, 5.74) is 0. The van der Waals surface area contributed by atoms with E-state index in [2.05, 4.69) is 22.5 Å². The van der Waals surface area contributed by atoms with Gasteiger partial charge in [-0.3, -0.25) is 4.79 Å². The second-order valence-electron chi connectivity index (χ2n) is 5.67. The smallest absolute Gasteiger partial charge is 0.220 e. The lowest BCUT2D eigenvalue weighted by Crippen LogP contribution is -2.44. The lowest BCUT2D eigenvalue weighted by molar-refractivity contribution is -0.122. The van der Waals surface area contributed by atoms with Crippen molar-refractivity contribution >= 4 is 5.91 Å². The first-order valence-corrected chi connectivity index (χ1v) is 7.50. The first-order valence-electron chi connectivity index (χ1n) is 7.50. The van der Waals surface area contributed by atoms with E-state index < -0.39 is 0 Å². The van der Waals surface area contributed by atoms with Gasteiger partial charge in [0.05, 0.1) is 0 Å². The molecule has 1 unspecified atom stereocenters. The van der Waals surface area contributed by atoms with Gasteiger partial charge in [0.1, 0.15) is 0 Å². The van der Waals surface area contributed by atoms with Crippen molar-refractivity contribution in [1.82, 2.24) is 15.5 Å². The Labute approximate surface area is 110 Å². The summed E-state index contributed by atoms with van der Waals surface area (Å²) in [6.07, 6.45) is 5.23. The van der Waals surface area contributed by atoms with Crippen LogP contribution in [0, 0.1) is 5.92 Å². The standard InChI is InChI=1S/C14H27N3O/c1-2-17-9-6-13(7-10-17)16-14(18)4-3-12-5-8-15-11-12/h12-13,15H,2-11H2,1H3,(H,16,18). The molecule has 0 aromatic heterocycles. The van der Waals surface area contributed by atoms with Crippen LogP contribution in [0.2, 0.25) is 0 Å². The topological polar surface area (TPSA) is 44.4 Å². The molecule has 2 saturated heterocycles. The average molecular weight is 253 g/mol. The average Bonchev–Trinajstić information content (AvgIpc) is 2.90. The van der Waals surface area contributed by atoms with E-state index in [1.165, 1.54) is 6.42 Å². The maximum absolute atomic E-state index is 11.9. The molecular formula is C14H27N3O. The number of amides is 1. The van der Waals surface area contributed by atoms with Crippen molar-refractivity contribution in [3.8, 4) is 0 Å². The quantitative estimate of drug-likeness (QED) is 0.767. The highest BCUT2D eigenvalue weighted by Gasteiger charge is 2.20. The first-order chi connectivity index (χ1) is 8.78. The zero-order valence-corrected chi connectivity index (χ0v) is 11.6. The molecule has 0 aliphatic carbocycles. The highest BCUT2D eigenvalue weighted by atomic mass is 16.1. The zero-order valence-electron chi connectivity index (χ0n) is 11.6. The van der Waals surface area contributed by atoms with E-state index in [-0.39, 0.29) is 5.91 Å². The molecule has 2 aliphatic rings. The molecule has 2 aliphatic heterocycles. The van der Waals surface area contributed by atoms with Gasteiger partial charge in [0, 0.05) is 25.6 Å². The van der Waals surface area contributed by atoms with Gasteiger partial charge in [-0.05, 0) is 51.2 Å². The normalized spacial score (nSPS) is 26.4. The number of nitrogens with zero attached hydrogens (tertiary/aromatic N) is 1. The van der Waals surface area contributed by atoms with Crippen LogP contribution in [0.4, 0.5) is 0 Å². The molecule has 0 bridgehead atoms. The van der Waals surface area contributed by atoms with Gasteiger partial charge in [0.2, 0.25) is 5.91 Å². The number of hydrogen-bond acceptors (Lipinski definition) is 3. The number of hydrogen-bond donors (Lipinski definition) is 2. The number of carbonyl (C=O) groups excluding carboxylic acids is 1. The van der Waals surface area contributed by atoms with E-state index in [9.17, 15) is 4.79 Å². The Morgan fingerprint density at radius 3 is 2.72 bits per heavy atom. The van der Waals surface area contributed by atoms with Gasteiger partial charge in [0.25, 0.3) is 0 Å². The van der Waals surface area contributed by atoms with Crippen LogP contribution in [0.25, 0.3) is 0 Å². The van der Waals surface area contributed by atoms with Gasteiger partial charge in [0.15, 0.2) is 0 Å². The van der Waals surface area contributed by atoms with Gasteiger partial charge in [-0.25, -0.2) is 0 Å². The van der Waals surface area contributed by atoms with Crippen LogP contribution in [-0.4, -0.2) is 49.6 Å². The minimum Gasteiger partial charge on any atom is -0.353 e. The third kappa shape index (κ3) is 4.25. The Balaban J connectivity index is 1.59. The minimum absolute atomic E-state index is 0.261.